The van der Waals surface area contributed by atoms with Crippen LogP contribution < -0.4 is 11.1 Å². The number of hydrogen-bond acceptors (Lipinski definition) is 10. The number of fused-ring (bicyclic) bond motifs is 2. The van der Waals surface area contributed by atoms with Gasteiger partial charge in [-0.05, 0) is 12.1 Å². The van der Waals surface area contributed by atoms with Crippen molar-refractivity contribution in [1.82, 2.24) is 23.7 Å². The van der Waals surface area contributed by atoms with Crippen LogP contribution in [0.1, 0.15) is 17.1 Å². The van der Waals surface area contributed by atoms with E-state index in [-0.39, 0.29) is 11.1 Å². The van der Waals surface area contributed by atoms with Gasteiger partial charge in [0.1, 0.15) is 5.76 Å². The molecule has 0 aliphatic heterocycles. The van der Waals surface area contributed by atoms with Crippen molar-refractivity contribution in [2.75, 3.05) is 0 Å². The number of carbonyl (C=O) groups is 2. The average Bonchev–Trinajstić information content (AvgIpc) is 3.56. The molecular formula is C21H17N5O7S2. The number of aliphatic carboxylic acids is 2. The fourth-order valence-corrected chi connectivity index (χ4v) is 4.66. The summed E-state index contributed by atoms with van der Waals surface area (Å²) in [5, 5.41) is 18.5. The predicted octanol–water partition coefficient (Wildman–Crippen LogP) is 1.78. The molecule has 0 saturated heterocycles. The van der Waals surface area contributed by atoms with Crippen LogP contribution in [0.3, 0.4) is 0 Å². The van der Waals surface area contributed by atoms with E-state index in [0.29, 0.717) is 40.9 Å². The Morgan fingerprint density at radius 1 is 0.886 bits per heavy atom. The quantitative estimate of drug-likeness (QED) is 0.319. The molecule has 5 rings (SSSR count). The predicted molar refractivity (Wildman–Crippen MR) is 126 cm³/mol. The molecule has 35 heavy (non-hydrogen) atoms. The topological polar surface area (TPSA) is 160 Å². The summed E-state index contributed by atoms with van der Waals surface area (Å²) in [5.74, 6) is -2.86. The maximum absolute atomic E-state index is 12.3. The van der Waals surface area contributed by atoms with Gasteiger partial charge in [-0.2, -0.15) is 0 Å². The summed E-state index contributed by atoms with van der Waals surface area (Å²) in [7, 11) is 0. The van der Waals surface area contributed by atoms with E-state index in [4.69, 9.17) is 24.2 Å². The van der Waals surface area contributed by atoms with Gasteiger partial charge in [-0.25, -0.2) is 19.6 Å². The highest BCUT2D eigenvalue weighted by atomic mass is 32.1. The number of carboxylic acids is 2. The molecule has 0 bridgehead atoms. The number of carboxylic acid groups (broad SMARTS) is 2. The molecule has 0 aliphatic carbocycles. The van der Waals surface area contributed by atoms with Gasteiger partial charge >= 0.3 is 11.9 Å². The summed E-state index contributed by atoms with van der Waals surface area (Å²) < 4.78 is 8.54. The van der Waals surface area contributed by atoms with Crippen molar-refractivity contribution in [2.45, 2.75) is 19.6 Å². The lowest BCUT2D eigenvalue weighted by Gasteiger charge is -2.20. The van der Waals surface area contributed by atoms with Gasteiger partial charge in [0.05, 0.1) is 24.2 Å². The molecular weight excluding hydrogens is 498 g/mol. The van der Waals surface area contributed by atoms with Crippen LogP contribution in [0.4, 0.5) is 0 Å². The van der Waals surface area contributed by atoms with Gasteiger partial charge in [0.2, 0.25) is 0 Å². The van der Waals surface area contributed by atoms with Crippen LogP contribution in [0, 0.1) is 0 Å². The Morgan fingerprint density at radius 3 is 1.83 bits per heavy atom. The van der Waals surface area contributed by atoms with Gasteiger partial charge in [0.15, 0.2) is 9.92 Å². The van der Waals surface area contributed by atoms with Crippen LogP contribution in [-0.4, -0.2) is 45.8 Å². The first-order valence-corrected chi connectivity index (χ1v) is 11.7. The molecule has 12 nitrogen and oxygen atoms in total. The lowest BCUT2D eigenvalue weighted by Crippen LogP contribution is -2.26. The third-order valence-corrected chi connectivity index (χ3v) is 6.14. The maximum Gasteiger partial charge on any atom is 0.414 e. The van der Waals surface area contributed by atoms with Gasteiger partial charge in [0, 0.05) is 48.4 Å². The third-order valence-electron chi connectivity index (χ3n) is 4.63. The van der Waals surface area contributed by atoms with Crippen LogP contribution in [0.25, 0.3) is 9.92 Å². The summed E-state index contributed by atoms with van der Waals surface area (Å²) in [5.41, 5.74) is 1.11. The van der Waals surface area contributed by atoms with Crippen LogP contribution >= 0.6 is 22.7 Å². The highest BCUT2D eigenvalue weighted by molar-refractivity contribution is 7.15. The van der Waals surface area contributed by atoms with E-state index in [1.54, 1.807) is 30.8 Å². The zero-order chi connectivity index (χ0) is 24.9. The van der Waals surface area contributed by atoms with E-state index in [9.17, 15) is 9.59 Å². The zero-order valence-corrected chi connectivity index (χ0v) is 19.4. The monoisotopic (exact) mass is 515 g/mol. The zero-order valence-electron chi connectivity index (χ0n) is 17.8. The Kier molecular flexibility index (Phi) is 7.14. The molecule has 5 aromatic rings. The minimum absolute atomic E-state index is 0.111. The molecule has 2 N–H and O–H groups in total. The summed E-state index contributed by atoms with van der Waals surface area (Å²) in [6.45, 7) is 1.36. The first-order valence-electron chi connectivity index (χ1n) is 9.92. The van der Waals surface area contributed by atoms with Crippen LogP contribution in [0.5, 0.6) is 0 Å². The molecule has 0 saturated carbocycles. The van der Waals surface area contributed by atoms with Crippen LogP contribution in [-0.2, 0) is 29.2 Å². The minimum atomic E-state index is -1.82. The molecule has 0 aliphatic rings. The van der Waals surface area contributed by atoms with Gasteiger partial charge in [-0.3, -0.25) is 23.3 Å². The number of nitrogens with zero attached hydrogens (tertiary/aromatic N) is 5. The molecule has 0 amide bonds. The second-order valence-electron chi connectivity index (χ2n) is 7.12. The molecule has 5 aromatic heterocycles. The van der Waals surface area contributed by atoms with E-state index >= 15 is 0 Å². The Hall–Kier alpha value is -4.14. The van der Waals surface area contributed by atoms with E-state index in [0.717, 1.165) is 5.76 Å². The van der Waals surface area contributed by atoms with Gasteiger partial charge in [0.25, 0.3) is 11.1 Å². The molecule has 0 aromatic carbocycles. The van der Waals surface area contributed by atoms with Crippen LogP contribution in [0.2, 0.25) is 0 Å². The van der Waals surface area contributed by atoms with Crippen LogP contribution in [0.15, 0.2) is 67.7 Å². The summed E-state index contributed by atoms with van der Waals surface area (Å²) in [4.78, 5) is 55.4. The largest absolute Gasteiger partial charge is 0.473 e. The van der Waals surface area contributed by atoms with Crippen molar-refractivity contribution in [3.8, 4) is 0 Å². The second kappa shape index (κ2) is 10.4. The van der Waals surface area contributed by atoms with Crippen molar-refractivity contribution < 1.29 is 24.2 Å². The minimum Gasteiger partial charge on any atom is -0.473 e. The Morgan fingerprint density at radius 2 is 1.40 bits per heavy atom. The number of hydrogen-bond donors (Lipinski definition) is 2. The molecule has 0 unspecified atom stereocenters. The molecule has 5 heterocycles. The lowest BCUT2D eigenvalue weighted by atomic mass is 10.3. The Bertz CT molecular complexity index is 1500. The fraction of sp³-hybridized carbons (Fsp3) is 0.143. The van der Waals surface area contributed by atoms with E-state index < -0.39 is 11.9 Å². The van der Waals surface area contributed by atoms with E-state index in [1.807, 2.05) is 22.9 Å². The summed E-state index contributed by atoms with van der Waals surface area (Å²) in [6, 6.07) is 6.81. The standard InChI is InChI=1S/C19H15N5O3S2.C2H2O4/c25-16-8-13(20-18-23(16)3-6-28-18)10-22(12-15-2-1-5-27-15)11-14-9-17(26)24-4-7-29-19(24)21-14;3-1(4)2(5)6/h1-9H,10-12H2;(H,3,4)(H,5,6). The third kappa shape index (κ3) is 5.87. The SMILES string of the molecule is O=C(O)C(=O)O.O=c1cc(CN(Cc2cc(=O)n3ccsc3n2)Cc2ccco2)nc2sccn12. The molecule has 0 spiro atoms. The maximum atomic E-state index is 12.3. The first kappa shape index (κ1) is 24.0. The van der Waals surface area contributed by atoms with Crippen molar-refractivity contribution in [3.63, 3.8) is 0 Å². The Balaban J connectivity index is 0.000000431. The average molecular weight is 516 g/mol. The number of rotatable bonds is 6. The molecule has 0 fully saturated rings. The highest BCUT2D eigenvalue weighted by Gasteiger charge is 2.15. The van der Waals surface area contributed by atoms with Crippen molar-refractivity contribution >= 4 is 44.5 Å². The fourth-order valence-electron chi connectivity index (χ4n) is 3.19. The summed E-state index contributed by atoms with van der Waals surface area (Å²) in [6.07, 6.45) is 5.05. The van der Waals surface area contributed by atoms with Gasteiger partial charge in [-0.1, -0.05) is 0 Å². The number of aromatic nitrogens is 4. The number of thiazole rings is 2. The van der Waals surface area contributed by atoms with Crippen molar-refractivity contribution in [1.29, 1.82) is 0 Å². The normalized spacial score (nSPS) is 11.0. The highest BCUT2D eigenvalue weighted by Crippen LogP contribution is 2.15. The van der Waals surface area contributed by atoms with Gasteiger partial charge in [-0.15, -0.1) is 22.7 Å². The van der Waals surface area contributed by atoms with E-state index in [1.165, 1.54) is 31.5 Å². The van der Waals surface area contributed by atoms with Crippen molar-refractivity contribution in [2.24, 2.45) is 0 Å². The lowest BCUT2D eigenvalue weighted by molar-refractivity contribution is -0.159. The molecule has 0 atom stereocenters. The Labute approximate surface area is 203 Å². The first-order chi connectivity index (χ1) is 16.8. The summed E-state index contributed by atoms with van der Waals surface area (Å²) >= 11 is 2.83. The smallest absolute Gasteiger partial charge is 0.414 e. The van der Waals surface area contributed by atoms with E-state index in [2.05, 4.69) is 14.9 Å². The second-order valence-corrected chi connectivity index (χ2v) is 8.86. The molecule has 14 heteroatoms. The number of furan rings is 1. The van der Waals surface area contributed by atoms with Gasteiger partial charge < -0.3 is 14.6 Å². The molecule has 180 valence electrons. The molecule has 0 radical (unpaired) electrons. The van der Waals surface area contributed by atoms with Crippen molar-refractivity contribution in [3.05, 3.63) is 91.5 Å².